The van der Waals surface area contributed by atoms with E-state index in [4.69, 9.17) is 0 Å². The van der Waals surface area contributed by atoms with Crippen molar-refractivity contribution in [1.29, 1.82) is 0 Å². The lowest BCUT2D eigenvalue weighted by Crippen LogP contribution is -2.36. The quantitative estimate of drug-likeness (QED) is 0.372. The van der Waals surface area contributed by atoms with E-state index in [0.717, 1.165) is 18.5 Å². The predicted octanol–water partition coefficient (Wildman–Crippen LogP) is 3.51. The van der Waals surface area contributed by atoms with Crippen LogP contribution in [0.5, 0.6) is 0 Å². The molecule has 0 N–H and O–H groups in total. The smallest absolute Gasteiger partial charge is 0.237 e. The fourth-order valence-corrected chi connectivity index (χ4v) is 5.86. The van der Waals surface area contributed by atoms with Crippen LogP contribution in [-0.4, -0.2) is 41.4 Å². The number of sulfone groups is 1. The highest BCUT2D eigenvalue weighted by Crippen LogP contribution is 2.28. The van der Waals surface area contributed by atoms with Gasteiger partial charge in [0.15, 0.2) is 15.0 Å². The molecule has 0 bridgehead atoms. The lowest BCUT2D eigenvalue weighted by molar-refractivity contribution is -0.116. The molecule has 0 radical (unpaired) electrons. The first-order valence-electron chi connectivity index (χ1n) is 10.3. The molecule has 2 heterocycles. The summed E-state index contributed by atoms with van der Waals surface area (Å²) in [6.07, 6.45) is 3.57. The number of aryl methyl sites for hydroxylation is 1. The minimum Gasteiger partial charge on any atom is -0.311 e. The third-order valence-electron chi connectivity index (χ3n) is 5.26. The number of amides is 1. The van der Waals surface area contributed by atoms with Crippen molar-refractivity contribution in [2.24, 2.45) is 0 Å². The molecule has 0 saturated carbocycles. The van der Waals surface area contributed by atoms with Gasteiger partial charge in [-0.05, 0) is 36.6 Å². The highest BCUT2D eigenvalue weighted by atomic mass is 32.2. The molecule has 3 aromatic rings. The highest BCUT2D eigenvalue weighted by Gasteiger charge is 2.24. The van der Waals surface area contributed by atoms with Crippen LogP contribution in [0, 0.1) is 0 Å². The number of rotatable bonds is 8. The van der Waals surface area contributed by atoms with Crippen molar-refractivity contribution in [2.75, 3.05) is 17.2 Å². The normalized spacial score (nSPS) is 13.6. The fourth-order valence-electron chi connectivity index (χ4n) is 3.72. The van der Waals surface area contributed by atoms with Gasteiger partial charge in [-0.3, -0.25) is 4.79 Å². The number of carbonyl (C=O) groups excluding carboxylic acids is 1. The van der Waals surface area contributed by atoms with Crippen LogP contribution >= 0.6 is 11.8 Å². The van der Waals surface area contributed by atoms with Gasteiger partial charge >= 0.3 is 0 Å². The Balaban J connectivity index is 1.50. The fraction of sp³-hybridized carbons (Fsp3) is 0.261. The van der Waals surface area contributed by atoms with Crippen LogP contribution in [0.25, 0.3) is 0 Å². The van der Waals surface area contributed by atoms with Crippen LogP contribution in [0.4, 0.5) is 5.69 Å². The van der Waals surface area contributed by atoms with E-state index in [2.05, 4.69) is 22.8 Å². The largest absolute Gasteiger partial charge is 0.311 e. The van der Waals surface area contributed by atoms with Crippen LogP contribution in [0.15, 0.2) is 77.3 Å². The van der Waals surface area contributed by atoms with Gasteiger partial charge < -0.3 is 9.47 Å². The number of benzene rings is 2. The van der Waals surface area contributed by atoms with Gasteiger partial charge in [0.1, 0.15) is 11.6 Å². The first-order chi connectivity index (χ1) is 15.5. The standard InChI is InChI=1S/C23H24N4O3S2/c1-2-14-27-21(17-32(29,30)19-11-4-3-5-12-19)24-25-23(27)31-16-22(28)26-15-8-10-18-9-6-7-13-20(18)26/h2-7,9,11-13H,1,8,10,14-17H2. The average molecular weight is 469 g/mol. The van der Waals surface area contributed by atoms with Gasteiger partial charge in [0, 0.05) is 18.8 Å². The highest BCUT2D eigenvalue weighted by molar-refractivity contribution is 7.99. The number of anilines is 1. The molecule has 166 valence electrons. The Morgan fingerprint density at radius 2 is 1.84 bits per heavy atom. The molecule has 32 heavy (non-hydrogen) atoms. The Morgan fingerprint density at radius 3 is 2.62 bits per heavy atom. The summed E-state index contributed by atoms with van der Waals surface area (Å²) in [6, 6.07) is 16.2. The molecule has 0 aliphatic carbocycles. The second-order valence-electron chi connectivity index (χ2n) is 7.44. The third kappa shape index (κ3) is 4.78. The molecule has 9 heteroatoms. The maximum Gasteiger partial charge on any atom is 0.237 e. The lowest BCUT2D eigenvalue weighted by atomic mass is 10.0. The van der Waals surface area contributed by atoms with Crippen LogP contribution in [0.2, 0.25) is 0 Å². The summed E-state index contributed by atoms with van der Waals surface area (Å²) >= 11 is 1.26. The summed E-state index contributed by atoms with van der Waals surface area (Å²) in [5.74, 6) is 0.238. The molecule has 0 saturated heterocycles. The van der Waals surface area contributed by atoms with Crippen molar-refractivity contribution in [3.63, 3.8) is 0 Å². The molecule has 1 aliphatic heterocycles. The molecule has 1 aromatic heterocycles. The van der Waals surface area contributed by atoms with E-state index in [-0.39, 0.29) is 22.3 Å². The van der Waals surface area contributed by atoms with Gasteiger partial charge in [-0.15, -0.1) is 16.8 Å². The molecule has 2 aromatic carbocycles. The van der Waals surface area contributed by atoms with Crippen molar-refractivity contribution < 1.29 is 13.2 Å². The summed E-state index contributed by atoms with van der Waals surface area (Å²) in [6.45, 7) is 4.80. The zero-order valence-corrected chi connectivity index (χ0v) is 19.2. The summed E-state index contributed by atoms with van der Waals surface area (Å²) in [4.78, 5) is 15.0. The Morgan fingerprint density at radius 1 is 1.09 bits per heavy atom. The number of para-hydroxylation sites is 1. The van der Waals surface area contributed by atoms with Crippen LogP contribution < -0.4 is 4.90 Å². The van der Waals surface area contributed by atoms with Crippen molar-refractivity contribution in [2.45, 2.75) is 35.2 Å². The number of carbonyl (C=O) groups is 1. The van der Waals surface area contributed by atoms with E-state index in [1.165, 1.54) is 17.3 Å². The van der Waals surface area contributed by atoms with Gasteiger partial charge in [-0.25, -0.2) is 8.42 Å². The number of nitrogens with zero attached hydrogens (tertiary/aromatic N) is 4. The van der Waals surface area contributed by atoms with Gasteiger partial charge in [-0.2, -0.15) is 0 Å². The van der Waals surface area contributed by atoms with Gasteiger partial charge in [0.2, 0.25) is 5.91 Å². The maximum absolute atomic E-state index is 13.0. The SMILES string of the molecule is C=CCn1c(CS(=O)(=O)c2ccccc2)nnc1SCC(=O)N1CCCc2ccccc21. The molecule has 0 fully saturated rings. The van der Waals surface area contributed by atoms with Gasteiger partial charge in [0.05, 0.1) is 10.6 Å². The van der Waals surface area contributed by atoms with E-state index in [0.29, 0.717) is 24.1 Å². The van der Waals surface area contributed by atoms with Crippen molar-refractivity contribution in [1.82, 2.24) is 14.8 Å². The second kappa shape index (κ2) is 9.70. The molecular weight excluding hydrogens is 444 g/mol. The van der Waals surface area contributed by atoms with Crippen LogP contribution in [0.3, 0.4) is 0 Å². The lowest BCUT2D eigenvalue weighted by Gasteiger charge is -2.29. The number of fused-ring (bicyclic) bond motifs is 1. The number of aromatic nitrogens is 3. The Hall–Kier alpha value is -2.91. The minimum atomic E-state index is -3.56. The van der Waals surface area contributed by atoms with Crippen molar-refractivity contribution in [3.8, 4) is 0 Å². The number of hydrogen-bond donors (Lipinski definition) is 0. The van der Waals surface area contributed by atoms with Gasteiger partial charge in [0.25, 0.3) is 0 Å². The maximum atomic E-state index is 13.0. The number of thioether (sulfide) groups is 1. The second-order valence-corrected chi connectivity index (χ2v) is 10.4. The van der Waals surface area contributed by atoms with E-state index in [1.54, 1.807) is 41.0 Å². The van der Waals surface area contributed by atoms with Crippen molar-refractivity contribution in [3.05, 3.63) is 78.6 Å². The first kappa shape index (κ1) is 22.3. The Bertz CT molecular complexity index is 1220. The topological polar surface area (TPSA) is 85.2 Å². The average Bonchev–Trinajstić information content (AvgIpc) is 3.18. The van der Waals surface area contributed by atoms with Crippen LogP contribution in [0.1, 0.15) is 17.8 Å². The zero-order valence-electron chi connectivity index (χ0n) is 17.6. The molecule has 1 amide bonds. The van der Waals surface area contributed by atoms with Crippen molar-refractivity contribution >= 4 is 33.2 Å². The predicted molar refractivity (Wildman–Crippen MR) is 125 cm³/mol. The summed E-state index contributed by atoms with van der Waals surface area (Å²) in [5.41, 5.74) is 2.15. The molecule has 1 aliphatic rings. The summed E-state index contributed by atoms with van der Waals surface area (Å²) in [5, 5.41) is 8.78. The van der Waals surface area contributed by atoms with E-state index in [1.807, 2.05) is 23.1 Å². The number of hydrogen-bond acceptors (Lipinski definition) is 6. The first-order valence-corrected chi connectivity index (χ1v) is 13.0. The molecular formula is C23H24N4O3S2. The molecule has 0 unspecified atom stereocenters. The minimum absolute atomic E-state index is 0.00578. The Labute approximate surface area is 192 Å². The molecule has 7 nitrogen and oxygen atoms in total. The van der Waals surface area contributed by atoms with Crippen LogP contribution in [-0.2, 0) is 33.4 Å². The third-order valence-corrected chi connectivity index (χ3v) is 7.84. The Kier molecular flexibility index (Phi) is 6.76. The van der Waals surface area contributed by atoms with Gasteiger partial charge in [-0.1, -0.05) is 54.2 Å². The summed E-state index contributed by atoms with van der Waals surface area (Å²) in [7, 11) is -3.56. The molecule has 4 rings (SSSR count). The van der Waals surface area contributed by atoms with E-state index < -0.39 is 9.84 Å². The number of allylic oxidation sites excluding steroid dienone is 1. The van der Waals surface area contributed by atoms with E-state index >= 15 is 0 Å². The monoisotopic (exact) mass is 468 g/mol. The molecule has 0 atom stereocenters. The van der Waals surface area contributed by atoms with E-state index in [9.17, 15) is 13.2 Å². The molecule has 0 spiro atoms. The summed E-state index contributed by atoms with van der Waals surface area (Å²) < 4.78 is 27.3. The zero-order chi connectivity index (χ0) is 22.6.